The minimum atomic E-state index is -3.24. The van der Waals surface area contributed by atoms with E-state index in [1.165, 1.54) is 17.0 Å². The van der Waals surface area contributed by atoms with E-state index in [-0.39, 0.29) is 5.82 Å². The molecule has 0 unspecified atom stereocenters. The topological polar surface area (TPSA) is 38.0 Å². The molecule has 68 valence electrons. The highest BCUT2D eigenvalue weighted by Crippen LogP contribution is 2.25. The second-order valence-corrected chi connectivity index (χ2v) is 2.40. The van der Waals surface area contributed by atoms with Gasteiger partial charge in [0, 0.05) is 18.9 Å². The van der Waals surface area contributed by atoms with Gasteiger partial charge in [0.05, 0.1) is 0 Å². The van der Waals surface area contributed by atoms with Gasteiger partial charge in [-0.05, 0) is 6.92 Å². The van der Waals surface area contributed by atoms with E-state index < -0.39 is 12.5 Å². The Morgan fingerprint density at radius 2 is 2.33 bits per heavy atom. The minimum Gasteiger partial charge on any atom is -0.390 e. The number of rotatable bonds is 3. The Bertz CT molecular complexity index is 260. The summed E-state index contributed by atoms with van der Waals surface area (Å²) < 4.78 is 27.0. The van der Waals surface area contributed by atoms with Crippen molar-refractivity contribution in [1.82, 2.24) is 9.55 Å². The van der Waals surface area contributed by atoms with Gasteiger partial charge in [-0.25, -0.2) is 4.98 Å². The number of imidazole rings is 1. The summed E-state index contributed by atoms with van der Waals surface area (Å²) in [6, 6.07) is 0. The monoisotopic (exact) mass is 176 g/mol. The lowest BCUT2D eigenvalue weighted by molar-refractivity contribution is -0.0655. The molecule has 0 fully saturated rings. The van der Waals surface area contributed by atoms with E-state index in [9.17, 15) is 8.78 Å². The largest absolute Gasteiger partial charge is 0.390 e. The van der Waals surface area contributed by atoms with E-state index in [0.717, 1.165) is 0 Å². The van der Waals surface area contributed by atoms with E-state index in [4.69, 9.17) is 5.11 Å². The van der Waals surface area contributed by atoms with E-state index in [1.54, 1.807) is 6.92 Å². The van der Waals surface area contributed by atoms with Crippen LogP contribution in [0.2, 0.25) is 0 Å². The third kappa shape index (κ3) is 1.45. The predicted molar refractivity (Wildman–Crippen MR) is 38.9 cm³/mol. The van der Waals surface area contributed by atoms with Crippen LogP contribution in [-0.4, -0.2) is 21.3 Å². The average molecular weight is 176 g/mol. The molecule has 0 atom stereocenters. The highest BCUT2D eigenvalue weighted by molar-refractivity contribution is 5.00. The van der Waals surface area contributed by atoms with E-state index >= 15 is 0 Å². The van der Waals surface area contributed by atoms with Crippen molar-refractivity contribution in [3.05, 3.63) is 18.2 Å². The Hall–Kier alpha value is -0.970. The summed E-state index contributed by atoms with van der Waals surface area (Å²) in [5, 5.41) is 8.38. The Morgan fingerprint density at radius 1 is 1.67 bits per heavy atom. The normalized spacial score (nSPS) is 12.0. The molecule has 5 heteroatoms. The number of hydrogen-bond donors (Lipinski definition) is 1. The summed E-state index contributed by atoms with van der Waals surface area (Å²) in [5.41, 5.74) is 0. The molecule has 1 N–H and O–H groups in total. The van der Waals surface area contributed by atoms with Crippen LogP contribution in [0.4, 0.5) is 8.78 Å². The van der Waals surface area contributed by atoms with Crippen LogP contribution < -0.4 is 0 Å². The molecule has 1 aromatic heterocycles. The third-order valence-corrected chi connectivity index (χ3v) is 1.58. The molecule has 1 aromatic rings. The third-order valence-electron chi connectivity index (χ3n) is 1.58. The molecular formula is C7H10F2N2O. The fraction of sp³-hybridized carbons (Fsp3) is 0.571. The molecule has 0 amide bonds. The van der Waals surface area contributed by atoms with Crippen LogP contribution in [0.15, 0.2) is 12.4 Å². The van der Waals surface area contributed by atoms with E-state index in [1.807, 2.05) is 0 Å². The van der Waals surface area contributed by atoms with Gasteiger partial charge in [0.2, 0.25) is 0 Å². The quantitative estimate of drug-likeness (QED) is 0.745. The van der Waals surface area contributed by atoms with Gasteiger partial charge in [-0.3, -0.25) is 0 Å². The van der Waals surface area contributed by atoms with Crippen LogP contribution in [0.1, 0.15) is 12.7 Å². The summed E-state index contributed by atoms with van der Waals surface area (Å²) in [6.07, 6.45) is 2.75. The standard InChI is InChI=1S/C7H10F2N2O/c1-2-11-4-3-10-6(11)7(8,9)5-12/h3-4,12H,2,5H2,1H3. The molecule has 0 aliphatic carbocycles. The van der Waals surface area contributed by atoms with Gasteiger partial charge in [0.15, 0.2) is 5.82 Å². The zero-order valence-electron chi connectivity index (χ0n) is 6.67. The first-order valence-corrected chi connectivity index (χ1v) is 3.62. The van der Waals surface area contributed by atoms with Crippen LogP contribution in [0.25, 0.3) is 0 Å². The van der Waals surface area contributed by atoms with Crippen molar-refractivity contribution in [3.63, 3.8) is 0 Å². The molecule has 1 heterocycles. The summed E-state index contributed by atoms with van der Waals surface area (Å²) in [7, 11) is 0. The van der Waals surface area contributed by atoms with Gasteiger partial charge in [-0.1, -0.05) is 0 Å². The van der Waals surface area contributed by atoms with Crippen LogP contribution in [0.5, 0.6) is 0 Å². The average Bonchev–Trinajstić information content (AvgIpc) is 2.52. The Kier molecular flexibility index (Phi) is 2.42. The van der Waals surface area contributed by atoms with Gasteiger partial charge < -0.3 is 9.67 Å². The van der Waals surface area contributed by atoms with Crippen molar-refractivity contribution >= 4 is 0 Å². The number of aryl methyl sites for hydroxylation is 1. The maximum Gasteiger partial charge on any atom is 0.327 e. The molecule has 0 aliphatic rings. The Balaban J connectivity index is 3.00. The van der Waals surface area contributed by atoms with Crippen LogP contribution in [-0.2, 0) is 12.5 Å². The number of halogens is 2. The molecule has 1 rings (SSSR count). The highest BCUT2D eigenvalue weighted by Gasteiger charge is 2.35. The number of hydrogen-bond acceptors (Lipinski definition) is 2. The van der Waals surface area contributed by atoms with Crippen molar-refractivity contribution < 1.29 is 13.9 Å². The summed E-state index contributed by atoms with van der Waals surface area (Å²) in [6.45, 7) is 0.952. The number of aliphatic hydroxyl groups excluding tert-OH is 1. The molecule has 12 heavy (non-hydrogen) atoms. The van der Waals surface area contributed by atoms with Crippen LogP contribution in [0, 0.1) is 0 Å². The van der Waals surface area contributed by atoms with Crippen molar-refractivity contribution in [3.8, 4) is 0 Å². The molecule has 0 saturated carbocycles. The SMILES string of the molecule is CCn1ccnc1C(F)(F)CO. The van der Waals surface area contributed by atoms with Crippen LogP contribution in [0.3, 0.4) is 0 Å². The minimum absolute atomic E-state index is 0.382. The van der Waals surface area contributed by atoms with Gasteiger partial charge in [-0.2, -0.15) is 8.78 Å². The molecule has 0 aromatic carbocycles. The highest BCUT2D eigenvalue weighted by atomic mass is 19.3. The summed E-state index contributed by atoms with van der Waals surface area (Å²) >= 11 is 0. The van der Waals surface area contributed by atoms with Crippen molar-refractivity contribution in [2.45, 2.75) is 19.4 Å². The molecule has 0 spiro atoms. The second-order valence-electron chi connectivity index (χ2n) is 2.40. The Labute approximate surface area is 68.7 Å². The lowest BCUT2D eigenvalue weighted by Gasteiger charge is -2.13. The maximum atomic E-state index is 12.8. The van der Waals surface area contributed by atoms with Gasteiger partial charge >= 0.3 is 5.92 Å². The summed E-state index contributed by atoms with van der Waals surface area (Å²) in [5.74, 6) is -3.62. The predicted octanol–water partition coefficient (Wildman–Crippen LogP) is 0.987. The molecule has 0 saturated heterocycles. The van der Waals surface area contributed by atoms with Gasteiger partial charge in [-0.15, -0.1) is 0 Å². The number of nitrogens with zero attached hydrogens (tertiary/aromatic N) is 2. The zero-order valence-corrected chi connectivity index (χ0v) is 6.67. The van der Waals surface area contributed by atoms with Gasteiger partial charge in [0.1, 0.15) is 6.61 Å². The molecule has 0 radical (unpaired) electrons. The summed E-state index contributed by atoms with van der Waals surface area (Å²) in [4.78, 5) is 3.48. The second kappa shape index (κ2) is 3.18. The first-order chi connectivity index (χ1) is 5.61. The first-order valence-electron chi connectivity index (χ1n) is 3.62. The number of aliphatic hydroxyl groups is 1. The number of alkyl halides is 2. The lowest BCUT2D eigenvalue weighted by Crippen LogP contribution is -2.23. The van der Waals surface area contributed by atoms with Crippen molar-refractivity contribution in [2.24, 2.45) is 0 Å². The fourth-order valence-corrected chi connectivity index (χ4v) is 0.960. The lowest BCUT2D eigenvalue weighted by atomic mass is 10.3. The Morgan fingerprint density at radius 3 is 2.83 bits per heavy atom. The van der Waals surface area contributed by atoms with Gasteiger partial charge in [0.25, 0.3) is 0 Å². The molecule has 0 bridgehead atoms. The molecule has 0 aliphatic heterocycles. The maximum absolute atomic E-state index is 12.8. The van der Waals surface area contributed by atoms with E-state index in [2.05, 4.69) is 4.98 Å². The molecule has 3 nitrogen and oxygen atoms in total. The van der Waals surface area contributed by atoms with Crippen molar-refractivity contribution in [1.29, 1.82) is 0 Å². The smallest absolute Gasteiger partial charge is 0.327 e. The van der Waals surface area contributed by atoms with E-state index in [0.29, 0.717) is 6.54 Å². The van der Waals surface area contributed by atoms with Crippen LogP contribution >= 0.6 is 0 Å². The number of aromatic nitrogens is 2. The zero-order chi connectivity index (χ0) is 9.19. The molecular weight excluding hydrogens is 166 g/mol. The first kappa shape index (κ1) is 9.12. The fourth-order valence-electron chi connectivity index (χ4n) is 0.960. The van der Waals surface area contributed by atoms with Crippen molar-refractivity contribution in [2.75, 3.05) is 6.61 Å².